The molecule has 6 nitrogen and oxygen atoms in total. The molecule has 0 unspecified atom stereocenters. The van der Waals surface area contributed by atoms with E-state index < -0.39 is 0 Å². The average molecular weight is 407 g/mol. The zero-order valence-electron chi connectivity index (χ0n) is 15.0. The van der Waals surface area contributed by atoms with Gasteiger partial charge in [0.05, 0.1) is 28.2 Å². The van der Waals surface area contributed by atoms with E-state index in [1.54, 1.807) is 30.6 Å². The summed E-state index contributed by atoms with van der Waals surface area (Å²) in [5.74, 6) is 0.219. The van der Waals surface area contributed by atoms with Crippen LogP contribution in [0.25, 0.3) is 0 Å². The maximum Gasteiger partial charge on any atom is 0.230 e. The van der Waals surface area contributed by atoms with Crippen molar-refractivity contribution in [3.05, 3.63) is 46.2 Å². The molecule has 2 saturated heterocycles. The van der Waals surface area contributed by atoms with Crippen LogP contribution in [-0.2, 0) is 9.53 Å². The van der Waals surface area contributed by atoms with Crippen LogP contribution in [-0.4, -0.2) is 42.2 Å². The normalized spacial score (nSPS) is 26.2. The molecule has 0 saturated carbocycles. The number of carbonyl (C=O) groups excluding carboxylic acids is 1. The predicted molar refractivity (Wildman–Crippen MR) is 106 cm³/mol. The minimum absolute atomic E-state index is 0.0216. The van der Waals surface area contributed by atoms with Gasteiger partial charge in [0, 0.05) is 38.1 Å². The van der Waals surface area contributed by atoms with Gasteiger partial charge in [-0.25, -0.2) is 9.97 Å². The zero-order valence-corrected chi connectivity index (χ0v) is 16.5. The number of anilines is 2. The van der Waals surface area contributed by atoms with Crippen molar-refractivity contribution in [3.8, 4) is 0 Å². The molecule has 0 spiro atoms. The molecule has 2 aliphatic rings. The molecule has 8 heteroatoms. The van der Waals surface area contributed by atoms with Crippen LogP contribution in [0.1, 0.15) is 24.3 Å². The number of amides is 1. The van der Waals surface area contributed by atoms with Crippen LogP contribution in [0, 0.1) is 5.92 Å². The molecule has 4 rings (SSSR count). The fourth-order valence-corrected chi connectivity index (χ4v) is 4.27. The largest absolute Gasteiger partial charge is 0.373 e. The Kier molecular flexibility index (Phi) is 4.97. The van der Waals surface area contributed by atoms with Crippen LogP contribution in [0.2, 0.25) is 10.0 Å². The van der Waals surface area contributed by atoms with Gasteiger partial charge in [0.2, 0.25) is 11.9 Å². The van der Waals surface area contributed by atoms with E-state index in [-0.39, 0.29) is 30.0 Å². The Bertz CT molecular complexity index is 859. The lowest BCUT2D eigenvalue weighted by atomic mass is 9.75. The van der Waals surface area contributed by atoms with E-state index in [0.717, 1.165) is 18.4 Å². The molecule has 3 heterocycles. The smallest absolute Gasteiger partial charge is 0.230 e. The molecule has 2 bridgehead atoms. The highest BCUT2D eigenvalue weighted by Gasteiger charge is 2.53. The Hall–Kier alpha value is -1.89. The number of fused-ring (bicyclic) bond motifs is 2. The van der Waals surface area contributed by atoms with Crippen LogP contribution < -0.4 is 10.2 Å². The zero-order chi connectivity index (χ0) is 19.1. The molecule has 1 amide bonds. The monoisotopic (exact) mass is 406 g/mol. The summed E-state index contributed by atoms with van der Waals surface area (Å²) in [4.78, 5) is 23.7. The van der Waals surface area contributed by atoms with Crippen LogP contribution in [0.3, 0.4) is 0 Å². The van der Waals surface area contributed by atoms with Crippen molar-refractivity contribution in [1.82, 2.24) is 9.97 Å². The molecular formula is C19H20Cl2N4O2. The molecule has 27 heavy (non-hydrogen) atoms. The number of carbonyl (C=O) groups is 1. The van der Waals surface area contributed by atoms with E-state index in [4.69, 9.17) is 27.9 Å². The number of nitrogens with one attached hydrogen (secondary N) is 1. The second kappa shape index (κ2) is 7.26. The van der Waals surface area contributed by atoms with Crippen LogP contribution >= 0.6 is 23.2 Å². The van der Waals surface area contributed by atoms with Gasteiger partial charge in [-0.1, -0.05) is 23.2 Å². The maximum atomic E-state index is 13.0. The number of rotatable bonds is 4. The van der Waals surface area contributed by atoms with Gasteiger partial charge in [-0.2, -0.15) is 0 Å². The SMILES string of the molecule is CN(C)c1ncc([C@@H]2[C@H](C(=O)Nc3ccc(Cl)c(Cl)c3)[C@H]3CC[C@@H]2O3)cn1. The Labute approximate surface area is 167 Å². The van der Waals surface area contributed by atoms with Crippen molar-refractivity contribution in [3.63, 3.8) is 0 Å². The van der Waals surface area contributed by atoms with E-state index in [1.807, 2.05) is 19.0 Å². The van der Waals surface area contributed by atoms with E-state index in [2.05, 4.69) is 15.3 Å². The van der Waals surface area contributed by atoms with Crippen LogP contribution in [0.15, 0.2) is 30.6 Å². The van der Waals surface area contributed by atoms with Crippen molar-refractivity contribution in [2.75, 3.05) is 24.3 Å². The Morgan fingerprint density at radius 1 is 1.15 bits per heavy atom. The van der Waals surface area contributed by atoms with E-state index in [1.165, 1.54) is 0 Å². The summed E-state index contributed by atoms with van der Waals surface area (Å²) in [6, 6.07) is 5.06. The van der Waals surface area contributed by atoms with Crippen molar-refractivity contribution < 1.29 is 9.53 Å². The second-order valence-corrected chi connectivity index (χ2v) is 7.99. The molecule has 0 aliphatic carbocycles. The van der Waals surface area contributed by atoms with Crippen molar-refractivity contribution in [1.29, 1.82) is 0 Å². The van der Waals surface area contributed by atoms with Gasteiger partial charge in [0.15, 0.2) is 0 Å². The number of nitrogens with zero attached hydrogens (tertiary/aromatic N) is 3. The Morgan fingerprint density at radius 2 is 1.85 bits per heavy atom. The van der Waals surface area contributed by atoms with Gasteiger partial charge in [0.1, 0.15) is 0 Å². The molecule has 1 aromatic heterocycles. The first kappa shape index (κ1) is 18.5. The molecule has 2 fully saturated rings. The first-order valence-electron chi connectivity index (χ1n) is 8.84. The van der Waals surface area contributed by atoms with Gasteiger partial charge in [-0.3, -0.25) is 4.79 Å². The summed E-state index contributed by atoms with van der Waals surface area (Å²) in [5.41, 5.74) is 1.55. The summed E-state index contributed by atoms with van der Waals surface area (Å²) in [6.07, 6.45) is 5.37. The molecule has 2 aromatic rings. The molecule has 0 radical (unpaired) electrons. The maximum absolute atomic E-state index is 13.0. The summed E-state index contributed by atoms with van der Waals surface area (Å²) in [6.45, 7) is 0. The standard InChI is InChI=1S/C19H20Cl2N4O2/c1-25(2)19-22-8-10(9-23-19)16-14-5-6-15(27-14)17(16)18(26)24-11-3-4-12(20)13(21)7-11/h3-4,7-9,14-17H,5-6H2,1-2H3,(H,24,26)/t14-,15+,16-,17+/m0/s1. The number of halogens is 2. The number of aromatic nitrogens is 2. The van der Waals surface area contributed by atoms with Gasteiger partial charge in [0.25, 0.3) is 0 Å². The van der Waals surface area contributed by atoms with Crippen molar-refractivity contribution in [2.24, 2.45) is 5.92 Å². The summed E-state index contributed by atoms with van der Waals surface area (Å²) in [7, 11) is 3.78. The minimum Gasteiger partial charge on any atom is -0.373 e. The second-order valence-electron chi connectivity index (χ2n) is 7.17. The van der Waals surface area contributed by atoms with Crippen LogP contribution in [0.5, 0.6) is 0 Å². The highest BCUT2D eigenvalue weighted by molar-refractivity contribution is 6.42. The van der Waals surface area contributed by atoms with Crippen molar-refractivity contribution in [2.45, 2.75) is 31.0 Å². The third-order valence-corrected chi connectivity index (χ3v) is 5.95. The fourth-order valence-electron chi connectivity index (χ4n) is 3.97. The van der Waals surface area contributed by atoms with E-state index >= 15 is 0 Å². The van der Waals surface area contributed by atoms with Crippen LogP contribution in [0.4, 0.5) is 11.6 Å². The highest BCUT2D eigenvalue weighted by atomic mass is 35.5. The molecule has 4 atom stereocenters. The van der Waals surface area contributed by atoms with Gasteiger partial charge in [-0.05, 0) is 36.6 Å². The molecule has 1 aromatic carbocycles. The Morgan fingerprint density at radius 3 is 2.52 bits per heavy atom. The first-order valence-corrected chi connectivity index (χ1v) is 9.60. The quantitative estimate of drug-likeness (QED) is 0.836. The fraction of sp³-hybridized carbons (Fsp3) is 0.421. The van der Waals surface area contributed by atoms with Crippen molar-refractivity contribution >= 4 is 40.7 Å². The first-order chi connectivity index (χ1) is 12.9. The van der Waals surface area contributed by atoms with E-state index in [0.29, 0.717) is 21.7 Å². The molecule has 142 valence electrons. The Balaban J connectivity index is 1.57. The lowest BCUT2D eigenvalue weighted by molar-refractivity contribution is -0.121. The lowest BCUT2D eigenvalue weighted by Gasteiger charge is -2.27. The number of hydrogen-bond donors (Lipinski definition) is 1. The third-order valence-electron chi connectivity index (χ3n) is 5.21. The highest BCUT2D eigenvalue weighted by Crippen LogP contribution is 2.49. The van der Waals surface area contributed by atoms with Gasteiger partial charge in [-0.15, -0.1) is 0 Å². The average Bonchev–Trinajstić information content (AvgIpc) is 3.26. The van der Waals surface area contributed by atoms with E-state index in [9.17, 15) is 4.79 Å². The number of ether oxygens (including phenoxy) is 1. The third kappa shape index (κ3) is 3.49. The molecule has 1 N–H and O–H groups in total. The summed E-state index contributed by atoms with van der Waals surface area (Å²) in [5, 5.41) is 3.81. The molecular weight excluding hydrogens is 387 g/mol. The minimum atomic E-state index is -0.285. The topological polar surface area (TPSA) is 67.4 Å². The molecule has 2 aliphatic heterocycles. The summed E-state index contributed by atoms with van der Waals surface area (Å²) >= 11 is 12.0. The predicted octanol–water partition coefficient (Wildman–Crippen LogP) is 3.75. The summed E-state index contributed by atoms with van der Waals surface area (Å²) < 4.78 is 6.06. The lowest BCUT2D eigenvalue weighted by Crippen LogP contribution is -2.36. The van der Waals surface area contributed by atoms with Gasteiger partial charge < -0.3 is 15.0 Å². The number of hydrogen-bond acceptors (Lipinski definition) is 5. The number of benzene rings is 1. The van der Waals surface area contributed by atoms with Gasteiger partial charge >= 0.3 is 0 Å².